The Morgan fingerprint density at radius 3 is 2.47 bits per heavy atom. The van der Waals surface area contributed by atoms with Crippen molar-refractivity contribution in [1.82, 2.24) is 9.88 Å². The Labute approximate surface area is 104 Å². The first-order valence-electron chi connectivity index (χ1n) is 6.16. The van der Waals surface area contributed by atoms with Crippen LogP contribution in [0.15, 0.2) is 12.3 Å². The van der Waals surface area contributed by atoms with Crippen LogP contribution in [0.2, 0.25) is 0 Å². The van der Waals surface area contributed by atoms with Crippen molar-refractivity contribution in [2.24, 2.45) is 0 Å². The highest BCUT2D eigenvalue weighted by molar-refractivity contribution is 5.54. The maximum atomic E-state index is 5.93. The third-order valence-electron chi connectivity index (χ3n) is 2.77. The van der Waals surface area contributed by atoms with Gasteiger partial charge in [-0.3, -0.25) is 0 Å². The molecule has 0 aliphatic rings. The van der Waals surface area contributed by atoms with Crippen LogP contribution >= 0.6 is 0 Å². The molecule has 0 saturated carbocycles. The lowest BCUT2D eigenvalue weighted by molar-refractivity contribution is 0.412. The first-order valence-corrected chi connectivity index (χ1v) is 6.16. The highest BCUT2D eigenvalue weighted by Gasteiger charge is 2.08. The molecule has 0 spiro atoms. The second kappa shape index (κ2) is 6.45. The van der Waals surface area contributed by atoms with E-state index in [-0.39, 0.29) is 0 Å². The summed E-state index contributed by atoms with van der Waals surface area (Å²) in [4.78, 5) is 8.93. The summed E-state index contributed by atoms with van der Waals surface area (Å²) in [7, 11) is 4.17. The summed E-state index contributed by atoms with van der Waals surface area (Å²) in [5, 5.41) is 0. The van der Waals surface area contributed by atoms with Crippen LogP contribution in [0.1, 0.15) is 18.9 Å². The average molecular weight is 236 g/mol. The summed E-state index contributed by atoms with van der Waals surface area (Å²) < 4.78 is 0. The van der Waals surface area contributed by atoms with E-state index < -0.39 is 0 Å². The molecule has 17 heavy (non-hydrogen) atoms. The molecule has 0 fully saturated rings. The average Bonchev–Trinajstić information content (AvgIpc) is 2.28. The Kier molecular flexibility index (Phi) is 5.22. The maximum absolute atomic E-state index is 5.93. The van der Waals surface area contributed by atoms with Crippen molar-refractivity contribution in [1.29, 1.82) is 0 Å². The molecule has 96 valence electrons. The van der Waals surface area contributed by atoms with Gasteiger partial charge in [-0.2, -0.15) is 0 Å². The lowest BCUT2D eigenvalue weighted by Gasteiger charge is -2.25. The molecule has 1 aromatic rings. The van der Waals surface area contributed by atoms with Gasteiger partial charge in [0.2, 0.25) is 0 Å². The zero-order valence-electron chi connectivity index (χ0n) is 11.4. The molecule has 0 aliphatic heterocycles. The number of nitrogens with zero attached hydrogens (tertiary/aromatic N) is 3. The van der Waals surface area contributed by atoms with E-state index >= 15 is 0 Å². The standard InChI is InChI=1S/C13H24N4/c1-5-6-17(8-7-16(3)4)13-9-12(14)11(2)10-15-13/h9-10H,5-8H2,1-4H3,(H2,14,15). The third-order valence-corrected chi connectivity index (χ3v) is 2.77. The highest BCUT2D eigenvalue weighted by Crippen LogP contribution is 2.17. The van der Waals surface area contributed by atoms with Crippen LogP contribution in [0.25, 0.3) is 0 Å². The van der Waals surface area contributed by atoms with Gasteiger partial charge in [-0.05, 0) is 33.0 Å². The molecule has 2 N–H and O–H groups in total. The smallest absolute Gasteiger partial charge is 0.130 e. The van der Waals surface area contributed by atoms with Crippen molar-refractivity contribution in [3.05, 3.63) is 17.8 Å². The van der Waals surface area contributed by atoms with Crippen molar-refractivity contribution in [3.8, 4) is 0 Å². The number of hydrogen-bond donors (Lipinski definition) is 1. The second-order valence-corrected chi connectivity index (χ2v) is 4.69. The molecule has 4 nitrogen and oxygen atoms in total. The van der Waals surface area contributed by atoms with E-state index in [1.807, 2.05) is 19.2 Å². The summed E-state index contributed by atoms with van der Waals surface area (Å²) in [5.41, 5.74) is 7.79. The van der Waals surface area contributed by atoms with Gasteiger partial charge in [0, 0.05) is 37.6 Å². The Bertz CT molecular complexity index is 349. The fourth-order valence-electron chi connectivity index (χ4n) is 1.63. The van der Waals surface area contributed by atoms with Crippen LogP contribution < -0.4 is 10.6 Å². The first-order chi connectivity index (χ1) is 8.04. The van der Waals surface area contributed by atoms with Crippen LogP contribution in [0.3, 0.4) is 0 Å². The van der Waals surface area contributed by atoms with E-state index in [4.69, 9.17) is 5.73 Å². The third kappa shape index (κ3) is 4.23. The number of aryl methyl sites for hydroxylation is 1. The topological polar surface area (TPSA) is 45.4 Å². The summed E-state index contributed by atoms with van der Waals surface area (Å²) in [6.45, 7) is 7.19. The lowest BCUT2D eigenvalue weighted by atomic mass is 10.2. The Morgan fingerprint density at radius 2 is 1.94 bits per heavy atom. The molecule has 0 saturated heterocycles. The minimum Gasteiger partial charge on any atom is -0.398 e. The molecule has 1 heterocycles. The molecule has 0 atom stereocenters. The van der Waals surface area contributed by atoms with Gasteiger partial charge < -0.3 is 15.5 Å². The predicted molar refractivity (Wildman–Crippen MR) is 74.4 cm³/mol. The van der Waals surface area contributed by atoms with Crippen LogP contribution in [-0.4, -0.2) is 43.6 Å². The normalized spacial score (nSPS) is 10.9. The van der Waals surface area contributed by atoms with Gasteiger partial charge in [0.1, 0.15) is 5.82 Å². The van der Waals surface area contributed by atoms with Crippen LogP contribution in [-0.2, 0) is 0 Å². The number of hydrogen-bond acceptors (Lipinski definition) is 4. The van der Waals surface area contributed by atoms with Gasteiger partial charge in [-0.25, -0.2) is 4.98 Å². The molecular formula is C13H24N4. The van der Waals surface area contributed by atoms with E-state index in [1.54, 1.807) is 0 Å². The predicted octanol–water partition coefficient (Wildman–Crippen LogP) is 1.75. The molecule has 0 aliphatic carbocycles. The number of nitrogens with two attached hydrogens (primary N) is 1. The molecular weight excluding hydrogens is 212 g/mol. The zero-order chi connectivity index (χ0) is 12.8. The molecule has 0 aromatic carbocycles. The molecule has 0 amide bonds. The van der Waals surface area contributed by atoms with Gasteiger partial charge >= 0.3 is 0 Å². The van der Waals surface area contributed by atoms with Gasteiger partial charge in [0.05, 0.1) is 0 Å². The maximum Gasteiger partial charge on any atom is 0.130 e. The molecule has 0 radical (unpaired) electrons. The van der Waals surface area contributed by atoms with Crippen molar-refractivity contribution < 1.29 is 0 Å². The Balaban J connectivity index is 2.77. The first kappa shape index (κ1) is 13.8. The van der Waals surface area contributed by atoms with Crippen LogP contribution in [0.5, 0.6) is 0 Å². The fourth-order valence-corrected chi connectivity index (χ4v) is 1.63. The van der Waals surface area contributed by atoms with Crippen LogP contribution in [0, 0.1) is 6.92 Å². The quantitative estimate of drug-likeness (QED) is 0.817. The van der Waals surface area contributed by atoms with E-state index in [2.05, 4.69) is 35.8 Å². The minimum atomic E-state index is 0.820. The minimum absolute atomic E-state index is 0.820. The van der Waals surface area contributed by atoms with Gasteiger partial charge in [0.25, 0.3) is 0 Å². The molecule has 1 aromatic heterocycles. The van der Waals surface area contributed by atoms with Gasteiger partial charge in [0.15, 0.2) is 0 Å². The number of anilines is 2. The summed E-state index contributed by atoms with van der Waals surface area (Å²) in [5.74, 6) is 0.983. The molecule has 1 rings (SSSR count). The zero-order valence-corrected chi connectivity index (χ0v) is 11.4. The van der Waals surface area contributed by atoms with Crippen LogP contribution in [0.4, 0.5) is 11.5 Å². The van der Waals surface area contributed by atoms with Gasteiger partial charge in [-0.15, -0.1) is 0 Å². The number of rotatable bonds is 6. The number of aromatic nitrogens is 1. The fraction of sp³-hybridized carbons (Fsp3) is 0.615. The monoisotopic (exact) mass is 236 g/mol. The summed E-state index contributed by atoms with van der Waals surface area (Å²) >= 11 is 0. The van der Waals surface area contributed by atoms with Crippen molar-refractivity contribution in [3.63, 3.8) is 0 Å². The summed E-state index contributed by atoms with van der Waals surface area (Å²) in [6.07, 6.45) is 2.96. The van der Waals surface area contributed by atoms with E-state index in [9.17, 15) is 0 Å². The van der Waals surface area contributed by atoms with Crippen molar-refractivity contribution in [2.45, 2.75) is 20.3 Å². The molecule has 4 heteroatoms. The number of nitrogen functional groups attached to an aromatic ring is 1. The Hall–Kier alpha value is -1.29. The van der Waals surface area contributed by atoms with Crippen molar-refractivity contribution in [2.75, 3.05) is 44.4 Å². The van der Waals surface area contributed by atoms with E-state index in [0.29, 0.717) is 0 Å². The van der Waals surface area contributed by atoms with E-state index in [1.165, 1.54) is 0 Å². The Morgan fingerprint density at radius 1 is 1.24 bits per heavy atom. The number of likely N-dealkylation sites (N-methyl/N-ethyl adjacent to an activating group) is 1. The van der Waals surface area contributed by atoms with E-state index in [0.717, 1.165) is 43.1 Å². The highest BCUT2D eigenvalue weighted by atomic mass is 15.2. The van der Waals surface area contributed by atoms with Crippen molar-refractivity contribution >= 4 is 11.5 Å². The largest absolute Gasteiger partial charge is 0.398 e. The lowest BCUT2D eigenvalue weighted by Crippen LogP contribution is -2.33. The SMILES string of the molecule is CCCN(CCN(C)C)c1cc(N)c(C)cn1. The molecule has 0 unspecified atom stereocenters. The molecule has 0 bridgehead atoms. The number of pyridine rings is 1. The summed E-state index contributed by atoms with van der Waals surface area (Å²) in [6, 6.07) is 1.97. The van der Waals surface area contributed by atoms with Gasteiger partial charge in [-0.1, -0.05) is 6.92 Å². The second-order valence-electron chi connectivity index (χ2n) is 4.69.